The Bertz CT molecular complexity index is 784. The summed E-state index contributed by atoms with van der Waals surface area (Å²) in [6.07, 6.45) is 4.37. The Morgan fingerprint density at radius 1 is 1.23 bits per heavy atom. The number of hydrogen-bond acceptors (Lipinski definition) is 6. The van der Waals surface area contributed by atoms with E-state index in [1.54, 1.807) is 19.3 Å². The molecule has 2 heterocycles. The Balaban J connectivity index is 2.25. The SMILES string of the molecule is CNc1ncc(C(=O)NN)c2cc(C3(C(N)=O)CC3)ncc12. The van der Waals surface area contributed by atoms with Crippen molar-refractivity contribution in [3.63, 3.8) is 0 Å². The summed E-state index contributed by atoms with van der Waals surface area (Å²) in [5.74, 6) is 4.95. The molecule has 2 aromatic rings. The quantitative estimate of drug-likeness (QED) is 0.350. The van der Waals surface area contributed by atoms with Crippen molar-refractivity contribution in [1.29, 1.82) is 0 Å². The first-order chi connectivity index (χ1) is 10.5. The zero-order chi connectivity index (χ0) is 15.9. The van der Waals surface area contributed by atoms with Gasteiger partial charge in [-0.25, -0.2) is 10.8 Å². The lowest BCUT2D eigenvalue weighted by molar-refractivity contribution is -0.120. The highest BCUT2D eigenvalue weighted by atomic mass is 16.2. The normalized spacial score (nSPS) is 15.4. The van der Waals surface area contributed by atoms with Crippen LogP contribution in [0.2, 0.25) is 0 Å². The first kappa shape index (κ1) is 14.2. The summed E-state index contributed by atoms with van der Waals surface area (Å²) in [5, 5.41) is 4.24. The molecule has 1 aliphatic rings. The summed E-state index contributed by atoms with van der Waals surface area (Å²) in [5.41, 5.74) is 7.76. The third kappa shape index (κ3) is 1.96. The van der Waals surface area contributed by atoms with E-state index < -0.39 is 17.2 Å². The topological polar surface area (TPSA) is 136 Å². The minimum Gasteiger partial charge on any atom is -0.373 e. The minimum absolute atomic E-state index is 0.320. The van der Waals surface area contributed by atoms with Crippen molar-refractivity contribution in [2.75, 3.05) is 12.4 Å². The van der Waals surface area contributed by atoms with E-state index in [0.717, 1.165) is 0 Å². The number of aromatic nitrogens is 2. The van der Waals surface area contributed by atoms with Crippen molar-refractivity contribution < 1.29 is 9.59 Å². The number of nitrogens with zero attached hydrogens (tertiary/aromatic N) is 2. The molecule has 0 aliphatic heterocycles. The molecular formula is C14H16N6O2. The lowest BCUT2D eigenvalue weighted by Gasteiger charge is -2.14. The highest BCUT2D eigenvalue weighted by molar-refractivity contribution is 6.09. The molecule has 0 atom stereocenters. The molecule has 114 valence electrons. The van der Waals surface area contributed by atoms with Crippen LogP contribution >= 0.6 is 0 Å². The van der Waals surface area contributed by atoms with E-state index in [1.165, 1.54) is 6.20 Å². The van der Waals surface area contributed by atoms with Crippen LogP contribution in [0.15, 0.2) is 18.5 Å². The number of fused-ring (bicyclic) bond motifs is 1. The number of primary amides is 1. The number of amides is 2. The van der Waals surface area contributed by atoms with Gasteiger partial charge in [-0.05, 0) is 18.9 Å². The van der Waals surface area contributed by atoms with Crippen LogP contribution in [0.4, 0.5) is 5.82 Å². The molecule has 0 saturated heterocycles. The van der Waals surface area contributed by atoms with Gasteiger partial charge in [0.2, 0.25) is 5.91 Å². The fraction of sp³-hybridized carbons (Fsp3) is 0.286. The second-order valence-corrected chi connectivity index (χ2v) is 5.31. The average Bonchev–Trinajstić information content (AvgIpc) is 3.34. The molecule has 22 heavy (non-hydrogen) atoms. The Kier molecular flexibility index (Phi) is 3.18. The van der Waals surface area contributed by atoms with Gasteiger partial charge in [0, 0.05) is 30.2 Å². The van der Waals surface area contributed by atoms with Crippen LogP contribution in [0, 0.1) is 0 Å². The van der Waals surface area contributed by atoms with E-state index >= 15 is 0 Å². The van der Waals surface area contributed by atoms with Crippen molar-refractivity contribution >= 4 is 28.4 Å². The molecule has 1 saturated carbocycles. The third-order valence-corrected chi connectivity index (χ3v) is 4.10. The first-order valence-electron chi connectivity index (χ1n) is 6.81. The lowest BCUT2D eigenvalue weighted by atomic mass is 9.97. The van der Waals surface area contributed by atoms with Gasteiger partial charge in [0.1, 0.15) is 5.82 Å². The van der Waals surface area contributed by atoms with Gasteiger partial charge in [-0.1, -0.05) is 0 Å². The largest absolute Gasteiger partial charge is 0.373 e. The van der Waals surface area contributed by atoms with Crippen LogP contribution in [0.3, 0.4) is 0 Å². The summed E-state index contributed by atoms with van der Waals surface area (Å²) in [6.45, 7) is 0. The smallest absolute Gasteiger partial charge is 0.267 e. The van der Waals surface area contributed by atoms with Crippen LogP contribution in [0.25, 0.3) is 10.8 Å². The van der Waals surface area contributed by atoms with Gasteiger partial charge in [0.25, 0.3) is 5.91 Å². The fourth-order valence-electron chi connectivity index (χ4n) is 2.61. The van der Waals surface area contributed by atoms with Crippen LogP contribution in [0.1, 0.15) is 28.9 Å². The predicted octanol–water partition coefficient (Wildman–Crippen LogP) is -0.208. The first-order valence-corrected chi connectivity index (χ1v) is 6.81. The van der Waals surface area contributed by atoms with Crippen LogP contribution in [-0.2, 0) is 10.2 Å². The highest BCUT2D eigenvalue weighted by Crippen LogP contribution is 2.47. The maximum absolute atomic E-state index is 11.9. The van der Waals surface area contributed by atoms with Gasteiger partial charge in [-0.3, -0.25) is 20.0 Å². The lowest BCUT2D eigenvalue weighted by Crippen LogP contribution is -2.31. The molecule has 8 heteroatoms. The number of nitrogens with two attached hydrogens (primary N) is 2. The molecular weight excluding hydrogens is 284 g/mol. The number of carbonyl (C=O) groups is 2. The fourth-order valence-corrected chi connectivity index (χ4v) is 2.61. The number of hydrogen-bond donors (Lipinski definition) is 4. The van der Waals surface area contributed by atoms with Gasteiger partial charge in [-0.15, -0.1) is 0 Å². The summed E-state index contributed by atoms with van der Waals surface area (Å²) in [4.78, 5) is 32.1. The number of pyridine rings is 2. The van der Waals surface area contributed by atoms with Gasteiger partial charge in [0.15, 0.2) is 0 Å². The molecule has 1 fully saturated rings. The van der Waals surface area contributed by atoms with Gasteiger partial charge in [-0.2, -0.15) is 0 Å². The van der Waals surface area contributed by atoms with E-state index in [4.69, 9.17) is 11.6 Å². The number of carbonyl (C=O) groups excluding carboxylic acids is 2. The summed E-state index contributed by atoms with van der Waals surface area (Å²) >= 11 is 0. The molecule has 0 spiro atoms. The van der Waals surface area contributed by atoms with E-state index in [9.17, 15) is 9.59 Å². The van der Waals surface area contributed by atoms with Crippen molar-refractivity contribution in [3.8, 4) is 0 Å². The Morgan fingerprint density at radius 2 is 1.95 bits per heavy atom. The molecule has 2 amide bonds. The second kappa shape index (κ2) is 4.92. The summed E-state index contributed by atoms with van der Waals surface area (Å²) in [7, 11) is 1.73. The molecule has 2 aromatic heterocycles. The second-order valence-electron chi connectivity index (χ2n) is 5.31. The van der Waals surface area contributed by atoms with Crippen LogP contribution in [-0.4, -0.2) is 28.8 Å². The van der Waals surface area contributed by atoms with Crippen molar-refractivity contribution in [1.82, 2.24) is 15.4 Å². The van der Waals surface area contributed by atoms with E-state index in [0.29, 0.717) is 40.7 Å². The molecule has 0 aromatic carbocycles. The van der Waals surface area contributed by atoms with Crippen molar-refractivity contribution in [2.45, 2.75) is 18.3 Å². The maximum Gasteiger partial charge on any atom is 0.267 e. The Hall–Kier alpha value is -2.74. The summed E-state index contributed by atoms with van der Waals surface area (Å²) in [6, 6.07) is 1.72. The van der Waals surface area contributed by atoms with Gasteiger partial charge >= 0.3 is 0 Å². The molecule has 0 bridgehead atoms. The number of nitrogens with one attached hydrogen (secondary N) is 2. The van der Waals surface area contributed by atoms with E-state index in [2.05, 4.69) is 20.7 Å². The summed E-state index contributed by atoms with van der Waals surface area (Å²) < 4.78 is 0. The maximum atomic E-state index is 11.9. The number of rotatable bonds is 4. The average molecular weight is 300 g/mol. The van der Waals surface area contributed by atoms with E-state index in [-0.39, 0.29) is 0 Å². The van der Waals surface area contributed by atoms with Crippen molar-refractivity contribution in [3.05, 3.63) is 29.7 Å². The van der Waals surface area contributed by atoms with Crippen LogP contribution in [0.5, 0.6) is 0 Å². The molecule has 1 aliphatic carbocycles. The minimum atomic E-state index is -0.715. The Morgan fingerprint density at radius 3 is 2.50 bits per heavy atom. The number of hydrazine groups is 1. The monoisotopic (exact) mass is 300 g/mol. The van der Waals surface area contributed by atoms with Gasteiger partial charge < -0.3 is 11.1 Å². The highest BCUT2D eigenvalue weighted by Gasteiger charge is 2.51. The van der Waals surface area contributed by atoms with E-state index in [1.807, 2.05) is 0 Å². The molecule has 8 nitrogen and oxygen atoms in total. The predicted molar refractivity (Wildman–Crippen MR) is 80.8 cm³/mol. The number of nitrogen functional groups attached to an aromatic ring is 1. The zero-order valence-electron chi connectivity index (χ0n) is 12.0. The standard InChI is InChI=1S/C14H16N6O2/c1-17-11-8-5-18-10(14(2-3-14)13(15)22)4-7(8)9(6-19-11)12(21)20-16/h4-6H,2-3,16H2,1H3,(H2,15,22)(H,17,19)(H,20,21). The molecule has 0 radical (unpaired) electrons. The zero-order valence-corrected chi connectivity index (χ0v) is 12.0. The molecule has 6 N–H and O–H groups in total. The molecule has 3 rings (SSSR count). The molecule has 0 unspecified atom stereocenters. The van der Waals surface area contributed by atoms with Crippen molar-refractivity contribution in [2.24, 2.45) is 11.6 Å². The third-order valence-electron chi connectivity index (χ3n) is 4.10. The number of anilines is 1. The Labute approximate surface area is 126 Å². The van der Waals surface area contributed by atoms with Gasteiger partial charge in [0.05, 0.1) is 16.7 Å². The van der Waals surface area contributed by atoms with Crippen LogP contribution < -0.4 is 22.3 Å².